The summed E-state index contributed by atoms with van der Waals surface area (Å²) >= 11 is 3.30. The molecular weight excluding hydrogens is 218 g/mol. The molecule has 2 N–H and O–H groups in total. The van der Waals surface area contributed by atoms with Gasteiger partial charge in [-0.2, -0.15) is 0 Å². The van der Waals surface area contributed by atoms with E-state index in [1.165, 1.54) is 0 Å². The van der Waals surface area contributed by atoms with Crippen LogP contribution in [0.2, 0.25) is 0 Å². The van der Waals surface area contributed by atoms with E-state index in [-0.39, 0.29) is 0 Å². The van der Waals surface area contributed by atoms with Crippen LogP contribution in [0.25, 0.3) is 0 Å². The smallest absolute Gasteiger partial charge is 0.190 e. The second-order valence-electron chi connectivity index (χ2n) is 3.07. The fourth-order valence-electron chi connectivity index (χ4n) is 0.601. The molecule has 0 aromatic carbocycles. The highest BCUT2D eigenvalue weighted by atomic mass is 79.9. The summed E-state index contributed by atoms with van der Waals surface area (Å²) in [4.78, 5) is 0. The van der Waals surface area contributed by atoms with Crippen molar-refractivity contribution in [1.29, 1.82) is 0 Å². The van der Waals surface area contributed by atoms with E-state index in [2.05, 4.69) is 27.8 Å². The lowest BCUT2D eigenvalue weighted by Crippen LogP contribution is -2.29. The Morgan fingerprint density at radius 3 is 2.67 bits per heavy atom. The average molecular weight is 228 g/mol. The van der Waals surface area contributed by atoms with Crippen LogP contribution in [0, 0.1) is 11.8 Å². The second-order valence-corrected chi connectivity index (χ2v) is 3.92. The summed E-state index contributed by atoms with van der Waals surface area (Å²) in [6, 6.07) is 1.80. The summed E-state index contributed by atoms with van der Waals surface area (Å²) in [7, 11) is 0. The number of rotatable bonds is 0. The average Bonchev–Trinajstić information content (AvgIpc) is 2.29. The molecule has 1 rings (SSSR count). The predicted octanol–water partition coefficient (Wildman–Crippen LogP) is 2.13. The zero-order valence-corrected chi connectivity index (χ0v) is 8.60. The van der Waals surface area contributed by atoms with Gasteiger partial charge in [0.1, 0.15) is 0 Å². The molecule has 64 valence electrons. The molecule has 0 amide bonds. The van der Waals surface area contributed by atoms with E-state index in [1.54, 1.807) is 12.3 Å². The maximum absolute atomic E-state index is 5.67. The molecule has 12 heavy (non-hydrogen) atoms. The van der Waals surface area contributed by atoms with Crippen molar-refractivity contribution in [1.82, 2.24) is 0 Å². The number of hydrogen-bond donors (Lipinski definition) is 1. The van der Waals surface area contributed by atoms with Crippen LogP contribution in [0.5, 0.6) is 0 Å². The van der Waals surface area contributed by atoms with Gasteiger partial charge < -0.3 is 10.2 Å². The summed E-state index contributed by atoms with van der Waals surface area (Å²) in [5.41, 5.74) is 5.19. The molecule has 0 aliphatic rings. The van der Waals surface area contributed by atoms with Gasteiger partial charge in [0.25, 0.3) is 0 Å². The van der Waals surface area contributed by atoms with E-state index >= 15 is 0 Å². The maximum Gasteiger partial charge on any atom is 0.190 e. The molecule has 0 aliphatic heterocycles. The molecule has 1 aromatic heterocycles. The van der Waals surface area contributed by atoms with Gasteiger partial charge in [0.2, 0.25) is 0 Å². The van der Waals surface area contributed by atoms with Gasteiger partial charge in [0.05, 0.1) is 16.3 Å². The van der Waals surface area contributed by atoms with Crippen LogP contribution >= 0.6 is 15.9 Å². The molecule has 2 nitrogen and oxygen atoms in total. The van der Waals surface area contributed by atoms with Crippen LogP contribution in [-0.2, 0) is 0 Å². The van der Waals surface area contributed by atoms with Gasteiger partial charge in [0, 0.05) is 0 Å². The Bertz CT molecular complexity index is 324. The van der Waals surface area contributed by atoms with Crippen LogP contribution in [0.15, 0.2) is 21.2 Å². The zero-order chi connectivity index (χ0) is 9.19. The molecule has 1 aromatic rings. The molecule has 1 heterocycles. The van der Waals surface area contributed by atoms with E-state index in [1.807, 2.05) is 13.8 Å². The second kappa shape index (κ2) is 3.34. The highest BCUT2D eigenvalue weighted by Crippen LogP contribution is 2.16. The summed E-state index contributed by atoms with van der Waals surface area (Å²) in [5.74, 6) is 6.33. The first kappa shape index (κ1) is 9.37. The largest absolute Gasteiger partial charge is 0.455 e. The van der Waals surface area contributed by atoms with Crippen molar-refractivity contribution in [2.45, 2.75) is 19.4 Å². The van der Waals surface area contributed by atoms with Crippen molar-refractivity contribution in [2.75, 3.05) is 0 Å². The quantitative estimate of drug-likeness (QED) is 0.691. The molecular formula is C9H10BrNO. The molecule has 0 saturated heterocycles. The van der Waals surface area contributed by atoms with Crippen molar-refractivity contribution >= 4 is 15.9 Å². The van der Waals surface area contributed by atoms with Gasteiger partial charge >= 0.3 is 0 Å². The lowest BCUT2D eigenvalue weighted by Gasteiger charge is -2.06. The van der Waals surface area contributed by atoms with E-state index in [9.17, 15) is 0 Å². The third-order valence-corrected chi connectivity index (χ3v) is 1.74. The van der Waals surface area contributed by atoms with Gasteiger partial charge in [-0.15, -0.1) is 0 Å². The third-order valence-electron chi connectivity index (χ3n) is 1.12. The van der Waals surface area contributed by atoms with Crippen LogP contribution in [0.1, 0.15) is 19.6 Å². The number of nitrogens with two attached hydrogens (primary N) is 1. The highest BCUT2D eigenvalue weighted by molar-refractivity contribution is 9.10. The minimum absolute atomic E-state index is 0.480. The van der Waals surface area contributed by atoms with Crippen LogP contribution in [0.4, 0.5) is 0 Å². The molecule has 3 heteroatoms. The lowest BCUT2D eigenvalue weighted by atomic mass is 10.1. The molecule has 0 unspecified atom stereocenters. The SMILES string of the molecule is CC(C)(N)C#Cc1occc1Br. The molecule has 0 bridgehead atoms. The summed E-state index contributed by atoms with van der Waals surface area (Å²) < 4.78 is 5.94. The lowest BCUT2D eigenvalue weighted by molar-refractivity contribution is 0.552. The fraction of sp³-hybridized carbons (Fsp3) is 0.333. The molecule has 0 fully saturated rings. The Morgan fingerprint density at radius 2 is 2.25 bits per heavy atom. The highest BCUT2D eigenvalue weighted by Gasteiger charge is 2.05. The molecule has 0 saturated carbocycles. The summed E-state index contributed by atoms with van der Waals surface area (Å²) in [6.45, 7) is 3.69. The van der Waals surface area contributed by atoms with Crippen molar-refractivity contribution in [3.63, 3.8) is 0 Å². The third kappa shape index (κ3) is 2.72. The van der Waals surface area contributed by atoms with E-state index < -0.39 is 5.54 Å². The monoisotopic (exact) mass is 227 g/mol. The maximum atomic E-state index is 5.67. The number of hydrogen-bond acceptors (Lipinski definition) is 2. The molecule has 0 radical (unpaired) electrons. The van der Waals surface area contributed by atoms with Crippen molar-refractivity contribution < 1.29 is 4.42 Å². The van der Waals surface area contributed by atoms with Crippen molar-refractivity contribution in [2.24, 2.45) is 5.73 Å². The summed E-state index contributed by atoms with van der Waals surface area (Å²) in [6.07, 6.45) is 1.58. The first-order valence-electron chi connectivity index (χ1n) is 3.54. The number of halogens is 1. The standard InChI is InChI=1S/C9H10BrNO/c1-9(2,11)5-3-8-7(10)4-6-12-8/h4,6H,11H2,1-2H3. The Kier molecular flexibility index (Phi) is 2.61. The summed E-state index contributed by atoms with van der Waals surface area (Å²) in [5, 5.41) is 0. The van der Waals surface area contributed by atoms with E-state index in [0.29, 0.717) is 5.76 Å². The normalized spacial score (nSPS) is 10.7. The topological polar surface area (TPSA) is 39.2 Å². The van der Waals surface area contributed by atoms with E-state index in [0.717, 1.165) is 4.47 Å². The van der Waals surface area contributed by atoms with Gasteiger partial charge in [-0.05, 0) is 41.8 Å². The van der Waals surface area contributed by atoms with E-state index in [4.69, 9.17) is 10.2 Å². The zero-order valence-electron chi connectivity index (χ0n) is 7.02. The molecule has 0 atom stereocenters. The first-order chi connectivity index (χ1) is 5.49. The Hall–Kier alpha value is -0.720. The minimum Gasteiger partial charge on any atom is -0.455 e. The van der Waals surface area contributed by atoms with Crippen molar-refractivity contribution in [3.05, 3.63) is 22.6 Å². The van der Waals surface area contributed by atoms with Crippen LogP contribution < -0.4 is 5.73 Å². The fourth-order valence-corrected chi connectivity index (χ4v) is 0.901. The Balaban J connectivity index is 2.87. The van der Waals surface area contributed by atoms with Gasteiger partial charge in [-0.3, -0.25) is 0 Å². The van der Waals surface area contributed by atoms with Crippen LogP contribution in [0.3, 0.4) is 0 Å². The first-order valence-corrected chi connectivity index (χ1v) is 4.33. The van der Waals surface area contributed by atoms with Crippen molar-refractivity contribution in [3.8, 4) is 11.8 Å². The van der Waals surface area contributed by atoms with Gasteiger partial charge in [0.15, 0.2) is 5.76 Å². The van der Waals surface area contributed by atoms with Gasteiger partial charge in [-0.1, -0.05) is 5.92 Å². The molecule has 0 spiro atoms. The minimum atomic E-state index is -0.480. The predicted molar refractivity (Wildman–Crippen MR) is 51.6 cm³/mol. The Labute approximate surface area is 80.3 Å². The Morgan fingerprint density at radius 1 is 1.58 bits per heavy atom. The molecule has 0 aliphatic carbocycles. The van der Waals surface area contributed by atoms with Crippen LogP contribution in [-0.4, -0.2) is 5.54 Å². The van der Waals surface area contributed by atoms with Gasteiger partial charge in [-0.25, -0.2) is 0 Å². The number of furan rings is 1.